The van der Waals surface area contributed by atoms with Gasteiger partial charge in [0.1, 0.15) is 5.75 Å². The van der Waals surface area contributed by atoms with E-state index in [2.05, 4.69) is 32.0 Å². The van der Waals surface area contributed by atoms with Crippen molar-refractivity contribution in [3.05, 3.63) is 29.3 Å². The first-order chi connectivity index (χ1) is 12.5. The third-order valence-corrected chi connectivity index (χ3v) is 6.68. The summed E-state index contributed by atoms with van der Waals surface area (Å²) in [6.07, 6.45) is 7.08. The molecule has 4 heteroatoms. The van der Waals surface area contributed by atoms with Crippen molar-refractivity contribution in [3.63, 3.8) is 0 Å². The maximum Gasteiger partial charge on any atom is 0.410 e. The monoisotopic (exact) mass is 357 g/mol. The number of fused-ring (bicyclic) bond motifs is 1. The van der Waals surface area contributed by atoms with Crippen LogP contribution < -0.4 is 4.74 Å². The molecule has 0 N–H and O–H groups in total. The minimum absolute atomic E-state index is 0.125. The molecule has 1 heterocycles. The fourth-order valence-electron chi connectivity index (χ4n) is 5.76. The fraction of sp³-hybridized carbons (Fsp3) is 0.682. The molecule has 3 aliphatic rings. The predicted octanol–water partition coefficient (Wildman–Crippen LogP) is 4.69. The van der Waals surface area contributed by atoms with Gasteiger partial charge in [-0.2, -0.15) is 0 Å². The molecule has 26 heavy (non-hydrogen) atoms. The van der Waals surface area contributed by atoms with Crippen LogP contribution in [0.15, 0.2) is 18.2 Å². The van der Waals surface area contributed by atoms with Crippen molar-refractivity contribution in [1.29, 1.82) is 0 Å². The molecule has 3 atom stereocenters. The molecule has 1 aromatic carbocycles. The fourth-order valence-corrected chi connectivity index (χ4v) is 5.76. The van der Waals surface area contributed by atoms with E-state index in [9.17, 15) is 4.79 Å². The second-order valence-electron chi connectivity index (χ2n) is 8.41. The second-order valence-corrected chi connectivity index (χ2v) is 8.41. The van der Waals surface area contributed by atoms with Crippen molar-refractivity contribution >= 4 is 6.09 Å². The Morgan fingerprint density at radius 2 is 2.15 bits per heavy atom. The number of hydrogen-bond acceptors (Lipinski definition) is 3. The van der Waals surface area contributed by atoms with Crippen molar-refractivity contribution in [2.75, 3.05) is 13.2 Å². The lowest BCUT2D eigenvalue weighted by atomic mass is 9.52. The Bertz CT molecular complexity index is 686. The van der Waals surface area contributed by atoms with Gasteiger partial charge in [-0.05, 0) is 75.6 Å². The van der Waals surface area contributed by atoms with Gasteiger partial charge in [-0.15, -0.1) is 0 Å². The largest absolute Gasteiger partial charge is 0.491 e. The van der Waals surface area contributed by atoms with Crippen molar-refractivity contribution in [3.8, 4) is 5.75 Å². The molecule has 1 saturated heterocycles. The van der Waals surface area contributed by atoms with Crippen LogP contribution in [0.5, 0.6) is 5.75 Å². The SMILES string of the molecule is CCOC(=O)N1CC[C@]23CCCC[C@@H]2[C@H]1Cc1ccc(OC(C)C)cc13. The van der Waals surface area contributed by atoms with Crippen LogP contribution in [0.1, 0.15) is 64.0 Å². The number of likely N-dealkylation sites (tertiary alicyclic amines) is 1. The van der Waals surface area contributed by atoms with Crippen LogP contribution in [0.25, 0.3) is 0 Å². The highest BCUT2D eigenvalue weighted by Gasteiger charge is 2.55. The summed E-state index contributed by atoms with van der Waals surface area (Å²) in [6, 6.07) is 6.93. The summed E-state index contributed by atoms with van der Waals surface area (Å²) in [7, 11) is 0. The zero-order valence-corrected chi connectivity index (χ0v) is 16.3. The second kappa shape index (κ2) is 6.79. The molecule has 1 amide bonds. The van der Waals surface area contributed by atoms with Gasteiger partial charge >= 0.3 is 6.09 Å². The molecule has 1 aromatic rings. The van der Waals surface area contributed by atoms with Crippen molar-refractivity contribution < 1.29 is 14.3 Å². The van der Waals surface area contributed by atoms with E-state index < -0.39 is 0 Å². The molecule has 0 radical (unpaired) electrons. The predicted molar refractivity (Wildman–Crippen MR) is 102 cm³/mol. The maximum absolute atomic E-state index is 12.5. The van der Waals surface area contributed by atoms with E-state index >= 15 is 0 Å². The van der Waals surface area contributed by atoms with Gasteiger partial charge in [-0.1, -0.05) is 18.9 Å². The molecule has 4 rings (SSSR count). The highest BCUT2D eigenvalue weighted by atomic mass is 16.6. The van der Waals surface area contributed by atoms with Crippen molar-refractivity contribution in [1.82, 2.24) is 4.90 Å². The number of carbonyl (C=O) groups is 1. The number of piperidine rings is 1. The van der Waals surface area contributed by atoms with Crippen LogP contribution in [0.4, 0.5) is 4.79 Å². The van der Waals surface area contributed by atoms with E-state index in [-0.39, 0.29) is 23.7 Å². The number of rotatable bonds is 3. The Balaban J connectivity index is 1.73. The molecule has 2 bridgehead atoms. The Hall–Kier alpha value is -1.71. The average Bonchev–Trinajstić information content (AvgIpc) is 2.62. The number of carbonyl (C=O) groups excluding carboxylic acids is 1. The molecule has 4 nitrogen and oxygen atoms in total. The lowest BCUT2D eigenvalue weighted by Gasteiger charge is -2.58. The van der Waals surface area contributed by atoms with Gasteiger partial charge in [-0.25, -0.2) is 4.79 Å². The Labute approximate surface area is 156 Å². The Morgan fingerprint density at radius 1 is 1.31 bits per heavy atom. The zero-order chi connectivity index (χ0) is 18.3. The van der Waals surface area contributed by atoms with E-state index in [1.54, 1.807) is 0 Å². The lowest BCUT2D eigenvalue weighted by Crippen LogP contribution is -2.62. The normalized spacial score (nSPS) is 29.8. The molecule has 0 spiro atoms. The molecule has 2 fully saturated rings. The number of amides is 1. The van der Waals surface area contributed by atoms with E-state index in [4.69, 9.17) is 9.47 Å². The Morgan fingerprint density at radius 3 is 2.92 bits per heavy atom. The van der Waals surface area contributed by atoms with Crippen LogP contribution in [0.2, 0.25) is 0 Å². The topological polar surface area (TPSA) is 38.8 Å². The lowest BCUT2D eigenvalue weighted by molar-refractivity contribution is -0.0110. The first-order valence-corrected chi connectivity index (χ1v) is 10.3. The quantitative estimate of drug-likeness (QED) is 0.788. The van der Waals surface area contributed by atoms with Crippen molar-refractivity contribution in [2.24, 2.45) is 5.92 Å². The Kier molecular flexibility index (Phi) is 4.62. The smallest absolute Gasteiger partial charge is 0.410 e. The highest BCUT2D eigenvalue weighted by molar-refractivity contribution is 5.69. The van der Waals surface area contributed by atoms with Crippen LogP contribution in [-0.4, -0.2) is 36.3 Å². The summed E-state index contributed by atoms with van der Waals surface area (Å²) in [5.74, 6) is 1.54. The summed E-state index contributed by atoms with van der Waals surface area (Å²) >= 11 is 0. The van der Waals surface area contributed by atoms with Crippen molar-refractivity contribution in [2.45, 2.75) is 76.9 Å². The number of nitrogens with zero attached hydrogens (tertiary/aromatic N) is 1. The van der Waals surface area contributed by atoms with Crippen LogP contribution in [0.3, 0.4) is 0 Å². The molecule has 1 saturated carbocycles. The number of hydrogen-bond donors (Lipinski definition) is 0. The van der Waals surface area contributed by atoms with Crippen LogP contribution >= 0.6 is 0 Å². The van der Waals surface area contributed by atoms with E-state index in [1.807, 2.05) is 11.8 Å². The average molecular weight is 357 g/mol. The first kappa shape index (κ1) is 17.7. The number of ether oxygens (including phenoxy) is 2. The summed E-state index contributed by atoms with van der Waals surface area (Å²) in [6.45, 7) is 7.31. The summed E-state index contributed by atoms with van der Waals surface area (Å²) in [4.78, 5) is 14.6. The van der Waals surface area contributed by atoms with Gasteiger partial charge in [0.05, 0.1) is 12.7 Å². The molecule has 1 aliphatic heterocycles. The molecule has 142 valence electrons. The minimum atomic E-state index is -0.125. The van der Waals surface area contributed by atoms with Gasteiger partial charge in [0.25, 0.3) is 0 Å². The third-order valence-electron chi connectivity index (χ3n) is 6.68. The van der Waals surface area contributed by atoms with Gasteiger partial charge in [0, 0.05) is 18.0 Å². The zero-order valence-electron chi connectivity index (χ0n) is 16.3. The molecule has 2 aliphatic carbocycles. The van der Waals surface area contributed by atoms with Crippen LogP contribution in [0, 0.1) is 5.92 Å². The third kappa shape index (κ3) is 2.78. The highest BCUT2D eigenvalue weighted by Crippen LogP contribution is 2.56. The minimum Gasteiger partial charge on any atom is -0.491 e. The maximum atomic E-state index is 12.5. The first-order valence-electron chi connectivity index (χ1n) is 10.3. The molecule has 0 aromatic heterocycles. The molecular weight excluding hydrogens is 326 g/mol. The summed E-state index contributed by atoms with van der Waals surface area (Å²) in [5.41, 5.74) is 3.12. The summed E-state index contributed by atoms with van der Waals surface area (Å²) < 4.78 is 11.4. The van der Waals surface area contributed by atoms with Gasteiger partial charge in [0.2, 0.25) is 0 Å². The van der Waals surface area contributed by atoms with E-state index in [1.165, 1.54) is 36.8 Å². The van der Waals surface area contributed by atoms with Gasteiger partial charge in [-0.3, -0.25) is 0 Å². The molecular formula is C22H31NO3. The van der Waals surface area contributed by atoms with Gasteiger partial charge < -0.3 is 14.4 Å². The molecule has 0 unspecified atom stereocenters. The summed E-state index contributed by atoms with van der Waals surface area (Å²) in [5, 5.41) is 0. The van der Waals surface area contributed by atoms with E-state index in [0.717, 1.165) is 25.1 Å². The van der Waals surface area contributed by atoms with Crippen LogP contribution in [-0.2, 0) is 16.6 Å². The number of benzene rings is 1. The standard InChI is InChI=1S/C22H31NO3/c1-4-25-21(24)23-12-11-22-10-6-5-7-18(22)20(23)13-16-8-9-17(14-19(16)22)26-15(2)3/h8-9,14-15,18,20H,4-7,10-13H2,1-3H3/t18-,20-,22-/m1/s1. The van der Waals surface area contributed by atoms with Gasteiger partial charge in [0.15, 0.2) is 0 Å². The van der Waals surface area contributed by atoms with E-state index in [0.29, 0.717) is 12.5 Å².